The van der Waals surface area contributed by atoms with Crippen molar-refractivity contribution in [3.8, 4) is 11.5 Å². The average molecular weight is 380 g/mol. The van der Waals surface area contributed by atoms with E-state index in [2.05, 4.69) is 5.32 Å². The molecule has 2 aliphatic heterocycles. The third-order valence-electron chi connectivity index (χ3n) is 4.22. The van der Waals surface area contributed by atoms with Gasteiger partial charge in [-0.05, 0) is 35.9 Å². The number of amides is 2. The fourth-order valence-electron chi connectivity index (χ4n) is 2.90. The summed E-state index contributed by atoms with van der Waals surface area (Å²) in [6.45, 7) is -0.420. The molecule has 0 aromatic heterocycles. The monoisotopic (exact) mass is 380 g/mol. The summed E-state index contributed by atoms with van der Waals surface area (Å²) in [4.78, 5) is 37.4. The zero-order valence-electron chi connectivity index (χ0n) is 14.7. The SMILES string of the molecule is O=C1CN(C(=O)COC(=O)C=Cc2ccc3c(c2)OCO3)c2ccccc2N1. The lowest BCUT2D eigenvalue weighted by molar-refractivity contribution is -0.143. The van der Waals surface area contributed by atoms with Gasteiger partial charge in [0, 0.05) is 6.08 Å². The topological polar surface area (TPSA) is 94.2 Å². The van der Waals surface area contributed by atoms with Gasteiger partial charge in [0.2, 0.25) is 12.7 Å². The van der Waals surface area contributed by atoms with E-state index in [0.717, 1.165) is 5.56 Å². The first-order chi connectivity index (χ1) is 13.6. The summed E-state index contributed by atoms with van der Waals surface area (Å²) in [6, 6.07) is 12.2. The number of nitrogens with one attached hydrogen (secondary N) is 1. The normalized spacial score (nSPS) is 14.6. The van der Waals surface area contributed by atoms with Crippen LogP contribution in [0, 0.1) is 0 Å². The lowest BCUT2D eigenvalue weighted by Crippen LogP contribution is -2.43. The second kappa shape index (κ2) is 7.43. The van der Waals surface area contributed by atoms with Crippen LogP contribution in [-0.2, 0) is 19.1 Å². The van der Waals surface area contributed by atoms with Crippen LogP contribution in [0.3, 0.4) is 0 Å². The summed E-state index contributed by atoms with van der Waals surface area (Å²) >= 11 is 0. The maximum atomic E-state index is 12.4. The zero-order chi connectivity index (χ0) is 19.5. The molecule has 0 bridgehead atoms. The molecule has 0 saturated carbocycles. The summed E-state index contributed by atoms with van der Waals surface area (Å²) in [5.41, 5.74) is 1.84. The molecule has 0 fully saturated rings. The quantitative estimate of drug-likeness (QED) is 0.644. The van der Waals surface area contributed by atoms with E-state index in [1.807, 2.05) is 0 Å². The third kappa shape index (κ3) is 3.66. The number of benzene rings is 2. The number of carbonyl (C=O) groups excluding carboxylic acids is 3. The van der Waals surface area contributed by atoms with Crippen molar-refractivity contribution >= 4 is 35.2 Å². The molecule has 0 saturated heterocycles. The Hall–Kier alpha value is -3.81. The maximum absolute atomic E-state index is 12.4. The second-order valence-electron chi connectivity index (χ2n) is 6.10. The highest BCUT2D eigenvalue weighted by molar-refractivity contribution is 6.10. The molecular formula is C20H16N2O6. The van der Waals surface area contributed by atoms with Crippen LogP contribution in [0.25, 0.3) is 6.08 Å². The molecule has 4 rings (SSSR count). The van der Waals surface area contributed by atoms with E-state index in [9.17, 15) is 14.4 Å². The van der Waals surface area contributed by atoms with Crippen molar-refractivity contribution in [2.75, 3.05) is 30.2 Å². The summed E-state index contributed by atoms with van der Waals surface area (Å²) in [6.07, 6.45) is 2.78. The van der Waals surface area contributed by atoms with E-state index in [1.165, 1.54) is 11.0 Å². The van der Waals surface area contributed by atoms with Crippen LogP contribution in [0.5, 0.6) is 11.5 Å². The van der Waals surface area contributed by atoms with Crippen molar-refractivity contribution in [3.05, 3.63) is 54.1 Å². The molecule has 142 valence electrons. The number of ether oxygens (including phenoxy) is 3. The Kier molecular flexibility index (Phi) is 4.67. The van der Waals surface area contributed by atoms with E-state index in [4.69, 9.17) is 14.2 Å². The Morgan fingerprint density at radius 2 is 1.96 bits per heavy atom. The van der Waals surface area contributed by atoms with E-state index in [1.54, 1.807) is 48.5 Å². The van der Waals surface area contributed by atoms with Gasteiger partial charge in [-0.15, -0.1) is 0 Å². The molecule has 2 amide bonds. The van der Waals surface area contributed by atoms with Crippen molar-refractivity contribution in [2.45, 2.75) is 0 Å². The fraction of sp³-hybridized carbons (Fsp3) is 0.150. The minimum Gasteiger partial charge on any atom is -0.454 e. The van der Waals surface area contributed by atoms with Gasteiger partial charge in [-0.2, -0.15) is 0 Å². The van der Waals surface area contributed by atoms with Crippen molar-refractivity contribution < 1.29 is 28.6 Å². The molecule has 0 spiro atoms. The maximum Gasteiger partial charge on any atom is 0.331 e. The van der Waals surface area contributed by atoms with Gasteiger partial charge in [-0.3, -0.25) is 14.5 Å². The van der Waals surface area contributed by atoms with Crippen molar-refractivity contribution in [1.82, 2.24) is 0 Å². The Morgan fingerprint density at radius 1 is 1.14 bits per heavy atom. The molecule has 8 heteroatoms. The second-order valence-corrected chi connectivity index (χ2v) is 6.10. The molecule has 8 nitrogen and oxygen atoms in total. The largest absolute Gasteiger partial charge is 0.454 e. The van der Waals surface area contributed by atoms with Crippen LogP contribution in [0.2, 0.25) is 0 Å². The lowest BCUT2D eigenvalue weighted by Gasteiger charge is -2.28. The van der Waals surface area contributed by atoms with Gasteiger partial charge in [-0.25, -0.2) is 4.79 Å². The number of nitrogens with zero attached hydrogens (tertiary/aromatic N) is 1. The summed E-state index contributed by atoms with van der Waals surface area (Å²) in [5.74, 6) is -0.196. The Balaban J connectivity index is 1.36. The molecule has 0 atom stereocenters. The van der Waals surface area contributed by atoms with Gasteiger partial charge in [-0.1, -0.05) is 18.2 Å². The fourth-order valence-corrected chi connectivity index (χ4v) is 2.90. The Bertz CT molecular complexity index is 984. The standard InChI is InChI=1S/C20H16N2O6/c23-18-10-22(15-4-2-1-3-14(15)21-18)19(24)11-26-20(25)8-6-13-5-7-16-17(9-13)28-12-27-16/h1-9H,10-12H2,(H,21,23). The molecule has 28 heavy (non-hydrogen) atoms. The predicted molar refractivity (Wildman–Crippen MR) is 100.0 cm³/mol. The molecular weight excluding hydrogens is 364 g/mol. The number of para-hydroxylation sites is 2. The molecule has 2 aliphatic rings. The molecule has 2 aromatic carbocycles. The molecule has 0 radical (unpaired) electrons. The number of fused-ring (bicyclic) bond motifs is 2. The summed E-state index contributed by atoms with van der Waals surface area (Å²) in [7, 11) is 0. The number of anilines is 2. The van der Waals surface area contributed by atoms with Gasteiger partial charge in [0.25, 0.3) is 5.91 Å². The zero-order valence-corrected chi connectivity index (χ0v) is 14.7. The van der Waals surface area contributed by atoms with E-state index >= 15 is 0 Å². The Morgan fingerprint density at radius 3 is 2.86 bits per heavy atom. The van der Waals surface area contributed by atoms with Crippen molar-refractivity contribution in [1.29, 1.82) is 0 Å². The summed E-state index contributed by atoms with van der Waals surface area (Å²) < 4.78 is 15.5. The van der Waals surface area contributed by atoms with E-state index in [-0.39, 0.29) is 19.2 Å². The molecule has 2 aromatic rings. The number of esters is 1. The number of rotatable bonds is 4. The van der Waals surface area contributed by atoms with Crippen LogP contribution >= 0.6 is 0 Å². The minimum atomic E-state index is -0.666. The van der Waals surface area contributed by atoms with E-state index < -0.39 is 18.5 Å². The minimum absolute atomic E-state index is 0.125. The van der Waals surface area contributed by atoms with Crippen LogP contribution < -0.4 is 19.7 Å². The van der Waals surface area contributed by atoms with Crippen molar-refractivity contribution in [3.63, 3.8) is 0 Å². The number of carbonyl (C=O) groups is 3. The first kappa shape index (κ1) is 17.6. The average Bonchev–Trinajstić information content (AvgIpc) is 3.17. The van der Waals surface area contributed by atoms with Crippen molar-refractivity contribution in [2.24, 2.45) is 0 Å². The molecule has 1 N–H and O–H groups in total. The van der Waals surface area contributed by atoms with Gasteiger partial charge in [0.05, 0.1) is 11.4 Å². The van der Waals surface area contributed by atoms with Gasteiger partial charge in [0.1, 0.15) is 6.54 Å². The first-order valence-corrected chi connectivity index (χ1v) is 8.54. The predicted octanol–water partition coefficient (Wildman–Crippen LogP) is 1.96. The summed E-state index contributed by atoms with van der Waals surface area (Å²) in [5, 5.41) is 2.69. The first-order valence-electron chi connectivity index (χ1n) is 8.54. The van der Waals surface area contributed by atoms with Crippen LogP contribution in [0.15, 0.2) is 48.5 Å². The highest BCUT2D eigenvalue weighted by Crippen LogP contribution is 2.33. The number of hydrogen-bond donors (Lipinski definition) is 1. The van der Waals surface area contributed by atoms with E-state index in [0.29, 0.717) is 22.9 Å². The molecule has 0 aliphatic carbocycles. The van der Waals surface area contributed by atoms with Gasteiger partial charge in [0.15, 0.2) is 18.1 Å². The van der Waals surface area contributed by atoms with Gasteiger partial charge >= 0.3 is 5.97 Å². The highest BCUT2D eigenvalue weighted by Gasteiger charge is 2.27. The Labute approximate surface area is 160 Å². The number of hydrogen-bond acceptors (Lipinski definition) is 6. The highest BCUT2D eigenvalue weighted by atomic mass is 16.7. The van der Waals surface area contributed by atoms with Crippen LogP contribution in [-0.4, -0.2) is 37.7 Å². The smallest absolute Gasteiger partial charge is 0.331 e. The molecule has 2 heterocycles. The van der Waals surface area contributed by atoms with Gasteiger partial charge < -0.3 is 19.5 Å². The van der Waals surface area contributed by atoms with Crippen LogP contribution in [0.1, 0.15) is 5.56 Å². The molecule has 0 unspecified atom stereocenters. The third-order valence-corrected chi connectivity index (χ3v) is 4.22. The van der Waals surface area contributed by atoms with Crippen LogP contribution in [0.4, 0.5) is 11.4 Å². The lowest BCUT2D eigenvalue weighted by atomic mass is 10.2.